The van der Waals surface area contributed by atoms with Crippen molar-refractivity contribution in [1.82, 2.24) is 10.0 Å². The summed E-state index contributed by atoms with van der Waals surface area (Å²) in [6.07, 6.45) is 3.24. The zero-order valence-electron chi connectivity index (χ0n) is 13.6. The first-order valence-corrected chi connectivity index (χ1v) is 6.89. The van der Waals surface area contributed by atoms with Crippen molar-refractivity contribution in [2.45, 2.75) is 33.5 Å². The number of rotatable bonds is 9. The van der Waals surface area contributed by atoms with Crippen LogP contribution in [0.5, 0.6) is 0 Å². The normalized spacial score (nSPS) is 10.8. The summed E-state index contributed by atoms with van der Waals surface area (Å²) in [5.74, 6) is -4.14. The smallest absolute Gasteiger partial charge is 0.334 e. The molecule has 1 amide bonds. The summed E-state index contributed by atoms with van der Waals surface area (Å²) in [6, 6.07) is 0. The molecule has 0 unspecified atom stereocenters. The summed E-state index contributed by atoms with van der Waals surface area (Å²) in [4.78, 5) is 35.2. The molecule has 0 aromatic heterocycles. The number of nitrogens with zero attached hydrogens (tertiary/aromatic N) is 2. The van der Waals surface area contributed by atoms with Gasteiger partial charge in [0.1, 0.15) is 0 Å². The van der Waals surface area contributed by atoms with E-state index in [0.29, 0.717) is 19.6 Å². The molecular weight excluding hydrogens is 288 g/mol. The lowest BCUT2D eigenvalue weighted by Gasteiger charge is -2.37. The number of esters is 2. The molecule has 0 aromatic rings. The third kappa shape index (κ3) is 5.69. The number of amides is 1. The number of carbonyl (C=O) groups excluding carboxylic acids is 3. The molecule has 0 aliphatic heterocycles. The Labute approximate surface area is 131 Å². The highest BCUT2D eigenvalue weighted by Crippen LogP contribution is 2.19. The van der Waals surface area contributed by atoms with Gasteiger partial charge < -0.3 is 9.47 Å². The van der Waals surface area contributed by atoms with E-state index >= 15 is 0 Å². The van der Waals surface area contributed by atoms with Crippen molar-refractivity contribution in [1.29, 1.82) is 0 Å². The van der Waals surface area contributed by atoms with E-state index in [4.69, 9.17) is 9.47 Å². The van der Waals surface area contributed by atoms with Gasteiger partial charge in [-0.05, 0) is 6.92 Å². The lowest BCUT2D eigenvalue weighted by molar-refractivity contribution is -0.232. The van der Waals surface area contributed by atoms with Crippen LogP contribution in [-0.4, -0.2) is 53.3 Å². The Hall–Kier alpha value is -2.15. The van der Waals surface area contributed by atoms with Crippen LogP contribution in [0.4, 0.5) is 0 Å². The molecule has 0 N–H and O–H groups in total. The van der Waals surface area contributed by atoms with Gasteiger partial charge in [0, 0.05) is 40.4 Å². The third-order valence-electron chi connectivity index (χ3n) is 2.62. The van der Waals surface area contributed by atoms with E-state index in [9.17, 15) is 14.4 Å². The molecule has 7 heteroatoms. The van der Waals surface area contributed by atoms with Crippen LogP contribution in [0.25, 0.3) is 0 Å². The first-order valence-electron chi connectivity index (χ1n) is 6.89. The van der Waals surface area contributed by atoms with Gasteiger partial charge in [-0.1, -0.05) is 12.2 Å². The minimum atomic E-state index is -2.02. The van der Waals surface area contributed by atoms with E-state index in [0.717, 1.165) is 13.8 Å². The highest BCUT2D eigenvalue weighted by atomic mass is 16.7. The average molecular weight is 312 g/mol. The number of carbonyl (C=O) groups is 3. The maximum atomic E-state index is 12.7. The maximum Gasteiger partial charge on any atom is 0.334 e. The van der Waals surface area contributed by atoms with Crippen LogP contribution >= 0.6 is 0 Å². The van der Waals surface area contributed by atoms with Gasteiger partial charge in [-0.2, -0.15) is 0 Å². The molecule has 0 aliphatic rings. The van der Waals surface area contributed by atoms with Crippen molar-refractivity contribution in [2.24, 2.45) is 0 Å². The van der Waals surface area contributed by atoms with Gasteiger partial charge in [0.25, 0.3) is 0 Å². The number of hydrogen-bond acceptors (Lipinski definition) is 6. The lowest BCUT2D eigenvalue weighted by Crippen LogP contribution is -2.57. The maximum absolute atomic E-state index is 12.7. The van der Waals surface area contributed by atoms with Crippen LogP contribution in [0.15, 0.2) is 25.3 Å². The van der Waals surface area contributed by atoms with Crippen molar-refractivity contribution in [3.05, 3.63) is 25.3 Å². The Bertz CT molecular complexity index is 421. The van der Waals surface area contributed by atoms with Gasteiger partial charge in [0.2, 0.25) is 0 Å². The fraction of sp³-hybridized carbons (Fsp3) is 0.533. The first-order chi connectivity index (χ1) is 10.2. The van der Waals surface area contributed by atoms with Crippen molar-refractivity contribution < 1.29 is 23.9 Å². The number of ether oxygens (including phenoxy) is 2. The highest BCUT2D eigenvalue weighted by Gasteiger charge is 2.44. The van der Waals surface area contributed by atoms with Crippen molar-refractivity contribution in [2.75, 3.05) is 19.6 Å². The number of hydrazine groups is 1. The van der Waals surface area contributed by atoms with Crippen LogP contribution in [0.1, 0.15) is 27.7 Å². The largest absolute Gasteiger partial charge is 0.413 e. The first kappa shape index (κ1) is 19.9. The summed E-state index contributed by atoms with van der Waals surface area (Å²) in [7, 11) is 0. The van der Waals surface area contributed by atoms with Gasteiger partial charge in [-0.15, -0.1) is 13.2 Å². The summed E-state index contributed by atoms with van der Waals surface area (Å²) < 4.78 is 9.90. The molecule has 0 fully saturated rings. The Morgan fingerprint density at radius 1 is 1.05 bits per heavy atom. The Balaban J connectivity index is 5.53. The van der Waals surface area contributed by atoms with E-state index in [2.05, 4.69) is 13.2 Å². The standard InChI is InChI=1S/C15H24N2O5/c1-7-10-16(11-8-2)17(9-3)14(20)15(6,21-12(4)18)22-13(5)19/h7-8H,1-2,9-11H2,3-6H3. The molecule has 7 nitrogen and oxygen atoms in total. The predicted octanol–water partition coefficient (Wildman–Crippen LogP) is 1.27. The van der Waals surface area contributed by atoms with Crippen LogP contribution in [-0.2, 0) is 23.9 Å². The topological polar surface area (TPSA) is 76.2 Å². The fourth-order valence-corrected chi connectivity index (χ4v) is 1.93. The second-order valence-corrected chi connectivity index (χ2v) is 4.60. The van der Waals surface area contributed by atoms with E-state index in [1.165, 1.54) is 11.9 Å². The highest BCUT2D eigenvalue weighted by molar-refractivity contribution is 5.87. The Morgan fingerprint density at radius 3 is 1.73 bits per heavy atom. The van der Waals surface area contributed by atoms with Gasteiger partial charge in [0.15, 0.2) is 0 Å². The van der Waals surface area contributed by atoms with Gasteiger partial charge in [-0.25, -0.2) is 5.01 Å². The molecule has 22 heavy (non-hydrogen) atoms. The van der Waals surface area contributed by atoms with Gasteiger partial charge in [0.05, 0.1) is 0 Å². The molecule has 0 spiro atoms. The zero-order chi connectivity index (χ0) is 17.3. The zero-order valence-corrected chi connectivity index (χ0v) is 13.6. The van der Waals surface area contributed by atoms with Gasteiger partial charge in [-0.3, -0.25) is 19.4 Å². The number of likely N-dealkylation sites (N-methyl/N-ethyl adjacent to an activating group) is 1. The molecule has 124 valence electrons. The van der Waals surface area contributed by atoms with Crippen LogP contribution in [0.3, 0.4) is 0 Å². The molecule has 0 bridgehead atoms. The van der Waals surface area contributed by atoms with Crippen LogP contribution in [0, 0.1) is 0 Å². The third-order valence-corrected chi connectivity index (χ3v) is 2.62. The van der Waals surface area contributed by atoms with E-state index in [1.54, 1.807) is 24.1 Å². The molecule has 0 atom stereocenters. The van der Waals surface area contributed by atoms with E-state index in [1.807, 2.05) is 0 Å². The molecule has 0 aliphatic carbocycles. The predicted molar refractivity (Wildman–Crippen MR) is 81.3 cm³/mol. The van der Waals surface area contributed by atoms with Crippen LogP contribution < -0.4 is 0 Å². The van der Waals surface area contributed by atoms with Crippen molar-refractivity contribution in [3.63, 3.8) is 0 Å². The summed E-state index contributed by atoms with van der Waals surface area (Å²) >= 11 is 0. The quantitative estimate of drug-likeness (QED) is 0.276. The Kier molecular flexibility index (Phi) is 8.11. The number of hydrogen-bond donors (Lipinski definition) is 0. The van der Waals surface area contributed by atoms with Gasteiger partial charge >= 0.3 is 23.6 Å². The minimum Gasteiger partial charge on any atom is -0.413 e. The molecule has 0 saturated heterocycles. The molecule has 0 rings (SSSR count). The summed E-state index contributed by atoms with van der Waals surface area (Å²) in [6.45, 7) is 13.6. The summed E-state index contributed by atoms with van der Waals surface area (Å²) in [5.41, 5.74) is 0. The van der Waals surface area contributed by atoms with Crippen LogP contribution in [0.2, 0.25) is 0 Å². The monoisotopic (exact) mass is 312 g/mol. The van der Waals surface area contributed by atoms with Crippen molar-refractivity contribution in [3.8, 4) is 0 Å². The van der Waals surface area contributed by atoms with E-state index in [-0.39, 0.29) is 0 Å². The van der Waals surface area contributed by atoms with E-state index < -0.39 is 23.6 Å². The fourth-order valence-electron chi connectivity index (χ4n) is 1.93. The second kappa shape index (κ2) is 8.99. The Morgan fingerprint density at radius 2 is 1.45 bits per heavy atom. The second-order valence-electron chi connectivity index (χ2n) is 4.60. The molecule has 0 heterocycles. The van der Waals surface area contributed by atoms with Crippen molar-refractivity contribution >= 4 is 17.8 Å². The minimum absolute atomic E-state index is 0.290. The molecule has 0 radical (unpaired) electrons. The average Bonchev–Trinajstić information content (AvgIpc) is 2.37. The molecular formula is C15H24N2O5. The lowest BCUT2D eigenvalue weighted by atomic mass is 10.2. The SMILES string of the molecule is C=CCN(CC=C)N(CC)C(=O)C(C)(OC(C)=O)OC(C)=O. The summed E-state index contributed by atoms with van der Waals surface area (Å²) in [5, 5.41) is 2.98. The molecule has 0 aromatic carbocycles. The molecule has 0 saturated carbocycles.